The van der Waals surface area contributed by atoms with E-state index in [-0.39, 0.29) is 0 Å². The van der Waals surface area contributed by atoms with E-state index >= 15 is 0 Å². The topological polar surface area (TPSA) is 85.0 Å². The summed E-state index contributed by atoms with van der Waals surface area (Å²) >= 11 is 0. The quantitative estimate of drug-likeness (QED) is 0.656. The van der Waals surface area contributed by atoms with E-state index in [4.69, 9.17) is 9.47 Å². The van der Waals surface area contributed by atoms with Crippen molar-refractivity contribution in [2.24, 2.45) is 0 Å². The van der Waals surface area contributed by atoms with Crippen LogP contribution in [0, 0.1) is 6.92 Å². The molecule has 25 heavy (non-hydrogen) atoms. The first-order valence-corrected chi connectivity index (χ1v) is 8.16. The van der Waals surface area contributed by atoms with Gasteiger partial charge in [0.25, 0.3) is 5.95 Å². The van der Waals surface area contributed by atoms with Gasteiger partial charge in [-0.1, -0.05) is 41.0 Å². The molecule has 3 aromatic rings. The van der Waals surface area contributed by atoms with Crippen LogP contribution in [0.4, 0.5) is 5.95 Å². The number of H-pyrrole nitrogens is 1. The summed E-state index contributed by atoms with van der Waals surface area (Å²) in [4.78, 5) is 0. The number of ether oxygens (including phenoxy) is 2. The zero-order chi connectivity index (χ0) is 17.5. The number of aromatic nitrogens is 4. The van der Waals surface area contributed by atoms with Gasteiger partial charge >= 0.3 is 0 Å². The molecule has 2 N–H and O–H groups in total. The van der Waals surface area contributed by atoms with Crippen LogP contribution in [0.2, 0.25) is 0 Å². The van der Waals surface area contributed by atoms with Gasteiger partial charge in [0.1, 0.15) is 6.61 Å². The van der Waals surface area contributed by atoms with Crippen molar-refractivity contribution in [2.75, 3.05) is 11.9 Å². The smallest absolute Gasteiger partial charge is 0.263 e. The van der Waals surface area contributed by atoms with Crippen molar-refractivity contribution >= 4 is 5.95 Å². The van der Waals surface area contributed by atoms with E-state index < -0.39 is 0 Å². The lowest BCUT2D eigenvalue weighted by atomic mass is 10.1. The highest BCUT2D eigenvalue weighted by atomic mass is 16.5. The molecule has 2 aromatic carbocycles. The Labute approximate surface area is 146 Å². The first-order valence-electron chi connectivity index (χ1n) is 8.16. The van der Waals surface area contributed by atoms with E-state index in [1.165, 1.54) is 5.56 Å². The molecule has 0 atom stereocenters. The third kappa shape index (κ3) is 4.69. The zero-order valence-electron chi connectivity index (χ0n) is 14.3. The van der Waals surface area contributed by atoms with Gasteiger partial charge in [-0.05, 0) is 42.3 Å². The number of nitrogens with one attached hydrogen (secondary N) is 2. The summed E-state index contributed by atoms with van der Waals surface area (Å²) in [6.07, 6.45) is 0. The second-order valence-corrected chi connectivity index (χ2v) is 5.58. The van der Waals surface area contributed by atoms with E-state index in [0.29, 0.717) is 25.7 Å². The van der Waals surface area contributed by atoms with Crippen molar-refractivity contribution in [1.82, 2.24) is 20.6 Å². The maximum absolute atomic E-state index is 5.95. The molecule has 0 aliphatic rings. The molecule has 1 heterocycles. The highest BCUT2D eigenvalue weighted by molar-refractivity contribution is 5.44. The number of aromatic amines is 1. The number of hydrogen-bond donors (Lipinski definition) is 2. The number of hydrogen-bond acceptors (Lipinski definition) is 6. The molecule has 0 aliphatic heterocycles. The molecule has 0 amide bonds. The van der Waals surface area contributed by atoms with Gasteiger partial charge < -0.3 is 14.8 Å². The average Bonchev–Trinajstić information content (AvgIpc) is 3.13. The molecule has 0 aliphatic carbocycles. The Balaban J connectivity index is 1.67. The van der Waals surface area contributed by atoms with E-state index in [9.17, 15) is 0 Å². The van der Waals surface area contributed by atoms with Gasteiger partial charge in [-0.2, -0.15) is 5.21 Å². The van der Waals surface area contributed by atoms with Crippen LogP contribution in [0.15, 0.2) is 42.5 Å². The van der Waals surface area contributed by atoms with Gasteiger partial charge in [0.05, 0.1) is 6.61 Å². The van der Waals surface area contributed by atoms with Crippen molar-refractivity contribution in [3.63, 3.8) is 0 Å². The van der Waals surface area contributed by atoms with E-state index in [2.05, 4.69) is 51.1 Å². The first-order chi connectivity index (χ1) is 12.2. The normalized spacial score (nSPS) is 10.5. The molecule has 3 rings (SSSR count). The average molecular weight is 339 g/mol. The van der Waals surface area contributed by atoms with Crippen molar-refractivity contribution in [1.29, 1.82) is 0 Å². The predicted molar refractivity (Wildman–Crippen MR) is 94.6 cm³/mol. The SMILES string of the molecule is CCOc1cc(CNc2nn[nH]n2)ccc1OCc1cccc(C)c1. The molecule has 7 nitrogen and oxygen atoms in total. The number of rotatable bonds is 8. The van der Waals surface area contributed by atoms with Crippen molar-refractivity contribution in [3.8, 4) is 11.5 Å². The number of aryl methyl sites for hydroxylation is 1. The monoisotopic (exact) mass is 339 g/mol. The predicted octanol–water partition coefficient (Wildman–Crippen LogP) is 3.10. The first kappa shape index (κ1) is 16.8. The molecule has 0 bridgehead atoms. The minimum atomic E-state index is 0.456. The summed E-state index contributed by atoms with van der Waals surface area (Å²) < 4.78 is 11.7. The van der Waals surface area contributed by atoms with E-state index in [1.54, 1.807) is 0 Å². The molecule has 0 saturated carbocycles. The van der Waals surface area contributed by atoms with Crippen LogP contribution in [0.5, 0.6) is 11.5 Å². The highest BCUT2D eigenvalue weighted by Gasteiger charge is 2.08. The largest absolute Gasteiger partial charge is 0.490 e. The van der Waals surface area contributed by atoms with Crippen LogP contribution < -0.4 is 14.8 Å². The summed E-state index contributed by atoms with van der Waals surface area (Å²) in [6, 6.07) is 14.1. The van der Waals surface area contributed by atoms with Crippen LogP contribution in [-0.4, -0.2) is 27.2 Å². The number of benzene rings is 2. The highest BCUT2D eigenvalue weighted by Crippen LogP contribution is 2.29. The second kappa shape index (κ2) is 8.14. The standard InChI is InChI=1S/C18H21N5O2/c1-3-24-17-10-14(11-19-18-20-22-23-21-18)7-8-16(17)25-12-15-6-4-5-13(2)9-15/h4-10H,3,11-12H2,1-2H3,(H2,19,20,21,22,23). The Morgan fingerprint density at radius 2 is 1.96 bits per heavy atom. The fourth-order valence-corrected chi connectivity index (χ4v) is 2.43. The zero-order valence-corrected chi connectivity index (χ0v) is 14.3. The third-order valence-corrected chi connectivity index (χ3v) is 3.58. The lowest BCUT2D eigenvalue weighted by Gasteiger charge is -2.14. The Morgan fingerprint density at radius 3 is 2.72 bits per heavy atom. The van der Waals surface area contributed by atoms with Gasteiger partial charge in [-0.3, -0.25) is 0 Å². The minimum Gasteiger partial charge on any atom is -0.490 e. The molecule has 0 spiro atoms. The summed E-state index contributed by atoms with van der Waals surface area (Å²) in [5, 5.41) is 16.7. The Bertz CT molecular complexity index is 805. The number of anilines is 1. The lowest BCUT2D eigenvalue weighted by Crippen LogP contribution is -2.04. The summed E-state index contributed by atoms with van der Waals surface area (Å²) in [6.45, 7) is 5.66. The van der Waals surface area contributed by atoms with Crippen molar-refractivity contribution in [3.05, 3.63) is 59.2 Å². The summed E-state index contributed by atoms with van der Waals surface area (Å²) in [5.74, 6) is 1.91. The van der Waals surface area contributed by atoms with Gasteiger partial charge in [0, 0.05) is 6.54 Å². The number of nitrogens with zero attached hydrogens (tertiary/aromatic N) is 3. The number of tetrazole rings is 1. The Kier molecular flexibility index (Phi) is 5.46. The molecule has 0 saturated heterocycles. The summed E-state index contributed by atoms with van der Waals surface area (Å²) in [5.41, 5.74) is 3.38. The van der Waals surface area contributed by atoms with Crippen LogP contribution in [0.3, 0.4) is 0 Å². The molecule has 130 valence electrons. The molecule has 1 aromatic heterocycles. The van der Waals surface area contributed by atoms with Crippen LogP contribution in [0.1, 0.15) is 23.6 Å². The molecule has 7 heteroatoms. The van der Waals surface area contributed by atoms with Gasteiger partial charge in [0.2, 0.25) is 0 Å². The van der Waals surface area contributed by atoms with Crippen molar-refractivity contribution in [2.45, 2.75) is 27.0 Å². The van der Waals surface area contributed by atoms with Crippen molar-refractivity contribution < 1.29 is 9.47 Å². The van der Waals surface area contributed by atoms with Crippen LogP contribution in [-0.2, 0) is 13.2 Å². The van der Waals surface area contributed by atoms with Crippen LogP contribution >= 0.6 is 0 Å². The summed E-state index contributed by atoms with van der Waals surface area (Å²) in [7, 11) is 0. The molecule has 0 radical (unpaired) electrons. The lowest BCUT2D eigenvalue weighted by molar-refractivity contribution is 0.269. The van der Waals surface area contributed by atoms with E-state index in [0.717, 1.165) is 22.6 Å². The fraction of sp³-hybridized carbons (Fsp3) is 0.278. The second-order valence-electron chi connectivity index (χ2n) is 5.58. The third-order valence-electron chi connectivity index (χ3n) is 3.58. The maximum atomic E-state index is 5.95. The fourth-order valence-electron chi connectivity index (χ4n) is 2.43. The van der Waals surface area contributed by atoms with Gasteiger partial charge in [-0.25, -0.2) is 0 Å². The van der Waals surface area contributed by atoms with Gasteiger partial charge in [-0.15, -0.1) is 5.10 Å². The maximum Gasteiger partial charge on any atom is 0.263 e. The molecule has 0 unspecified atom stereocenters. The minimum absolute atomic E-state index is 0.456. The molecule has 0 fully saturated rings. The Morgan fingerprint density at radius 1 is 1.04 bits per heavy atom. The van der Waals surface area contributed by atoms with Crippen LogP contribution in [0.25, 0.3) is 0 Å². The molecular weight excluding hydrogens is 318 g/mol. The molecular formula is C18H21N5O2. The van der Waals surface area contributed by atoms with E-state index in [1.807, 2.05) is 31.2 Å². The van der Waals surface area contributed by atoms with Gasteiger partial charge in [0.15, 0.2) is 11.5 Å². The Hall–Kier alpha value is -3.09.